The van der Waals surface area contributed by atoms with Gasteiger partial charge in [0.2, 0.25) is 0 Å². The van der Waals surface area contributed by atoms with Crippen LogP contribution in [0.4, 0.5) is 32.0 Å². The van der Waals surface area contributed by atoms with Crippen LogP contribution in [-0.2, 0) is 26.7 Å². The Morgan fingerprint density at radius 2 is 1.17 bits per heavy atom. The van der Waals surface area contributed by atoms with Gasteiger partial charge in [-0.25, -0.2) is 0 Å². The second-order valence-electron chi connectivity index (χ2n) is 11.3. The van der Waals surface area contributed by atoms with E-state index in [9.17, 15) is 43.2 Å². The number of hydrogen-bond donors (Lipinski definition) is 0. The van der Waals surface area contributed by atoms with Gasteiger partial charge in [-0.3, -0.25) is 4.90 Å². The van der Waals surface area contributed by atoms with Crippen molar-refractivity contribution < 1.29 is 51.5 Å². The Hall–Kier alpha value is -3.76. The topological polar surface area (TPSA) is 93.2 Å². The highest BCUT2D eigenvalue weighted by molar-refractivity contribution is 7.88. The highest BCUT2D eigenvalue weighted by Crippen LogP contribution is 2.43. The number of halogens is 6. The van der Waals surface area contributed by atoms with Gasteiger partial charge in [-0.2, -0.15) is 43.2 Å². The van der Waals surface area contributed by atoms with Gasteiger partial charge in [0.15, 0.2) is 0 Å². The van der Waals surface area contributed by atoms with E-state index in [-0.39, 0.29) is 0 Å². The van der Waals surface area contributed by atoms with Crippen LogP contribution >= 0.6 is 0 Å². The van der Waals surface area contributed by atoms with Gasteiger partial charge in [-0.1, -0.05) is 30.3 Å². The molecule has 3 aromatic rings. The first-order valence-corrected chi connectivity index (χ1v) is 17.3. The molecule has 1 saturated heterocycles. The summed E-state index contributed by atoms with van der Waals surface area (Å²) in [6.45, 7) is 7.66. The van der Waals surface area contributed by atoms with Crippen LogP contribution in [0.1, 0.15) is 42.5 Å². The van der Waals surface area contributed by atoms with Gasteiger partial charge >= 0.3 is 31.3 Å². The number of rotatable bonds is 8. The van der Waals surface area contributed by atoms with Gasteiger partial charge in [0.25, 0.3) is 0 Å². The van der Waals surface area contributed by atoms with Gasteiger partial charge in [-0.15, -0.1) is 0 Å². The van der Waals surface area contributed by atoms with Crippen LogP contribution in [0.15, 0.2) is 66.7 Å². The van der Waals surface area contributed by atoms with E-state index in [2.05, 4.69) is 32.0 Å². The Kier molecular flexibility index (Phi) is 9.33. The number of aryl methyl sites for hydroxylation is 1. The monoisotopic (exact) mass is 704 g/mol. The number of allylic oxidation sites excluding steroid dienone is 1. The first-order chi connectivity index (χ1) is 21.9. The van der Waals surface area contributed by atoms with Crippen molar-refractivity contribution in [3.63, 3.8) is 0 Å². The predicted octanol–water partition coefficient (Wildman–Crippen LogP) is 6.58. The number of piperazine rings is 1. The Balaban J connectivity index is 1.56. The van der Waals surface area contributed by atoms with E-state index in [1.807, 2.05) is 24.3 Å². The van der Waals surface area contributed by atoms with Gasteiger partial charge < -0.3 is 13.3 Å². The fourth-order valence-electron chi connectivity index (χ4n) is 5.62. The molecule has 5 rings (SSSR count). The highest BCUT2D eigenvalue weighted by Gasteiger charge is 2.49. The van der Waals surface area contributed by atoms with Crippen molar-refractivity contribution in [2.45, 2.75) is 43.7 Å². The number of benzene rings is 3. The third-order valence-corrected chi connectivity index (χ3v) is 10.0. The molecule has 0 radical (unpaired) electrons. The van der Waals surface area contributed by atoms with Crippen LogP contribution in [0.25, 0.3) is 11.1 Å². The molecule has 1 aliphatic heterocycles. The van der Waals surface area contributed by atoms with Crippen molar-refractivity contribution in [3.8, 4) is 11.5 Å². The molecular formula is C31H30F6N2O6S2. The van der Waals surface area contributed by atoms with Crippen molar-refractivity contribution in [3.05, 3.63) is 89.0 Å². The number of nitrogens with zero attached hydrogens (tertiary/aromatic N) is 2. The lowest BCUT2D eigenvalue weighted by atomic mass is 9.79. The molecule has 0 spiro atoms. The molecule has 0 amide bonds. The Morgan fingerprint density at radius 3 is 1.70 bits per heavy atom. The summed E-state index contributed by atoms with van der Waals surface area (Å²) in [4.78, 5) is 4.60. The van der Waals surface area contributed by atoms with Gasteiger partial charge in [0.1, 0.15) is 11.5 Å². The van der Waals surface area contributed by atoms with E-state index in [0.29, 0.717) is 52.3 Å². The molecule has 1 fully saturated rings. The average Bonchev–Trinajstić information content (AvgIpc) is 2.99. The van der Waals surface area contributed by atoms with E-state index < -0.39 is 42.8 Å². The Bertz CT molecular complexity index is 1870. The summed E-state index contributed by atoms with van der Waals surface area (Å²) < 4.78 is 133. The molecule has 16 heteroatoms. The molecule has 3 aromatic carbocycles. The summed E-state index contributed by atoms with van der Waals surface area (Å²) in [6.07, 6.45) is 0.780. The molecular weight excluding hydrogens is 674 g/mol. The van der Waals surface area contributed by atoms with Crippen LogP contribution in [0.5, 0.6) is 11.5 Å². The number of hydrogen-bond acceptors (Lipinski definition) is 8. The summed E-state index contributed by atoms with van der Waals surface area (Å²) >= 11 is 0. The van der Waals surface area contributed by atoms with Gasteiger partial charge in [0, 0.05) is 37.9 Å². The van der Waals surface area contributed by atoms with E-state index in [0.717, 1.165) is 50.1 Å². The molecule has 0 saturated carbocycles. The molecule has 0 bridgehead atoms. The second kappa shape index (κ2) is 12.7. The lowest BCUT2D eigenvalue weighted by molar-refractivity contribution is -0.0504. The number of alkyl halides is 6. The van der Waals surface area contributed by atoms with E-state index in [1.165, 1.54) is 24.3 Å². The fraction of sp³-hybridized carbons (Fsp3) is 0.355. The Morgan fingerprint density at radius 1 is 0.660 bits per heavy atom. The van der Waals surface area contributed by atoms with E-state index in [4.69, 9.17) is 0 Å². The summed E-state index contributed by atoms with van der Waals surface area (Å²) in [7, 11) is -11.8. The summed E-state index contributed by atoms with van der Waals surface area (Å²) in [5.41, 5.74) is -6.92. The molecule has 8 nitrogen and oxygen atoms in total. The van der Waals surface area contributed by atoms with Crippen molar-refractivity contribution in [2.75, 3.05) is 31.1 Å². The minimum absolute atomic E-state index is 0.388. The summed E-state index contributed by atoms with van der Waals surface area (Å²) in [5, 5.41) is 0. The molecule has 1 heterocycles. The van der Waals surface area contributed by atoms with E-state index in [1.54, 1.807) is 0 Å². The van der Waals surface area contributed by atoms with Crippen LogP contribution < -0.4 is 13.3 Å². The lowest BCUT2D eigenvalue weighted by Gasteiger charge is -2.38. The van der Waals surface area contributed by atoms with Gasteiger partial charge in [0.05, 0.1) is 0 Å². The molecule has 47 heavy (non-hydrogen) atoms. The minimum atomic E-state index is -5.95. The van der Waals surface area contributed by atoms with Crippen LogP contribution in [0, 0.1) is 0 Å². The normalized spacial score (nSPS) is 16.7. The van der Waals surface area contributed by atoms with Gasteiger partial charge in [-0.05, 0) is 96.5 Å². The van der Waals surface area contributed by atoms with Crippen LogP contribution in [0.2, 0.25) is 0 Å². The zero-order valence-corrected chi connectivity index (χ0v) is 26.7. The molecule has 2 aliphatic rings. The first-order valence-electron chi connectivity index (χ1n) is 14.4. The second-order valence-corrected chi connectivity index (χ2v) is 14.4. The van der Waals surface area contributed by atoms with Crippen molar-refractivity contribution >= 4 is 37.1 Å². The molecule has 254 valence electrons. The third kappa shape index (κ3) is 7.38. The van der Waals surface area contributed by atoms with Crippen molar-refractivity contribution in [1.82, 2.24) is 4.90 Å². The smallest absolute Gasteiger partial charge is 0.376 e. The molecule has 0 aromatic heterocycles. The lowest BCUT2D eigenvalue weighted by Crippen LogP contribution is -2.48. The SMILES string of the molecule is CC(C)N1CCN(c2ccc(C3=C(c4ccc(OS(=O)(=O)C(F)(F)F)cc4)CCc4ccc(OS(=O)(=O)C(F)(F)F)cc43)cc2)CC1. The first kappa shape index (κ1) is 34.6. The third-order valence-electron chi connectivity index (χ3n) is 8.04. The molecule has 0 N–H and O–H groups in total. The zero-order valence-electron chi connectivity index (χ0n) is 25.1. The van der Waals surface area contributed by atoms with Crippen molar-refractivity contribution in [1.29, 1.82) is 0 Å². The summed E-state index contributed by atoms with van der Waals surface area (Å²) in [5.74, 6) is -1.13. The minimum Gasteiger partial charge on any atom is -0.376 e. The fourth-order valence-corrected chi connectivity index (χ4v) is 6.53. The molecule has 0 atom stereocenters. The number of anilines is 1. The standard InChI is InChI=1S/C31H30F6N2O6S2/c1-20(2)38-15-17-39(18-16-38)24-9-3-23(4-10-24)29-27(21-5-11-25(12-6-21)44-46(40,41)30(32,33)34)14-8-22-7-13-26(19-28(22)29)45-47(42,43)31(35,36)37/h3-7,9-13,19-20H,8,14-18H2,1-2H3. The van der Waals surface area contributed by atoms with Crippen LogP contribution in [0.3, 0.4) is 0 Å². The quantitative estimate of drug-likeness (QED) is 0.148. The molecule has 1 aliphatic carbocycles. The largest absolute Gasteiger partial charge is 0.534 e. The maximum Gasteiger partial charge on any atom is 0.534 e. The Labute approximate surface area is 268 Å². The van der Waals surface area contributed by atoms with Crippen molar-refractivity contribution in [2.24, 2.45) is 0 Å². The predicted molar refractivity (Wildman–Crippen MR) is 164 cm³/mol. The number of fused-ring (bicyclic) bond motifs is 1. The average molecular weight is 705 g/mol. The summed E-state index contributed by atoms with van der Waals surface area (Å²) in [6, 6.07) is 16.6. The van der Waals surface area contributed by atoms with E-state index >= 15 is 0 Å². The maximum absolute atomic E-state index is 13.1. The highest BCUT2D eigenvalue weighted by atomic mass is 32.2. The zero-order chi connectivity index (χ0) is 34.4. The van der Waals surface area contributed by atoms with Crippen LogP contribution in [-0.4, -0.2) is 65.0 Å². The molecule has 0 unspecified atom stereocenters. The maximum atomic E-state index is 13.1.